The van der Waals surface area contributed by atoms with Gasteiger partial charge in [-0.3, -0.25) is 4.99 Å². The van der Waals surface area contributed by atoms with Crippen LogP contribution in [0, 0.1) is 0 Å². The molecule has 14 heavy (non-hydrogen) atoms. The van der Waals surface area contributed by atoms with Gasteiger partial charge in [0.15, 0.2) is 0 Å². The zero-order chi connectivity index (χ0) is 10.1. The summed E-state index contributed by atoms with van der Waals surface area (Å²) in [5, 5.41) is 1.49. The summed E-state index contributed by atoms with van der Waals surface area (Å²) in [6.07, 6.45) is 0.862. The summed E-state index contributed by atoms with van der Waals surface area (Å²) in [6.45, 7) is 0. The SMILES string of the molecule is Clc1ccc2c(c1)C(Cl)N=C(CBr)C2. The molecule has 1 nitrogen and oxygen atoms in total. The molecule has 0 aromatic heterocycles. The number of hydrogen-bond acceptors (Lipinski definition) is 1. The lowest BCUT2D eigenvalue weighted by Gasteiger charge is -2.19. The minimum absolute atomic E-state index is 0.287. The van der Waals surface area contributed by atoms with Crippen LogP contribution in [0.15, 0.2) is 23.2 Å². The number of nitrogens with zero attached hydrogens (tertiary/aromatic N) is 1. The molecule has 1 heterocycles. The molecule has 0 radical (unpaired) electrons. The first-order chi connectivity index (χ1) is 6.70. The van der Waals surface area contributed by atoms with Gasteiger partial charge in [-0.1, -0.05) is 45.2 Å². The van der Waals surface area contributed by atoms with Crippen molar-refractivity contribution in [1.82, 2.24) is 0 Å². The fraction of sp³-hybridized carbons (Fsp3) is 0.300. The summed E-state index contributed by atoms with van der Waals surface area (Å²) in [5.41, 5.74) is 3.05. The van der Waals surface area contributed by atoms with E-state index >= 15 is 0 Å². The van der Waals surface area contributed by atoms with E-state index in [0.29, 0.717) is 5.02 Å². The van der Waals surface area contributed by atoms with Gasteiger partial charge in [0, 0.05) is 22.5 Å². The first-order valence-electron chi connectivity index (χ1n) is 4.24. The molecule has 0 spiro atoms. The van der Waals surface area contributed by atoms with Gasteiger partial charge in [0.2, 0.25) is 0 Å². The van der Waals surface area contributed by atoms with Crippen molar-refractivity contribution in [2.24, 2.45) is 4.99 Å². The van der Waals surface area contributed by atoms with E-state index in [2.05, 4.69) is 20.9 Å². The van der Waals surface area contributed by atoms with Gasteiger partial charge in [-0.05, 0) is 23.3 Å². The molecule has 0 saturated carbocycles. The maximum atomic E-state index is 6.13. The highest BCUT2D eigenvalue weighted by Crippen LogP contribution is 2.32. The van der Waals surface area contributed by atoms with Gasteiger partial charge < -0.3 is 0 Å². The average molecular weight is 293 g/mol. The van der Waals surface area contributed by atoms with E-state index in [4.69, 9.17) is 23.2 Å². The third-order valence-electron chi connectivity index (χ3n) is 2.21. The Hall–Kier alpha value is -0.0500. The average Bonchev–Trinajstić information content (AvgIpc) is 2.19. The van der Waals surface area contributed by atoms with Crippen LogP contribution in [0.4, 0.5) is 0 Å². The molecule has 0 amide bonds. The molecule has 1 aromatic carbocycles. The van der Waals surface area contributed by atoms with Gasteiger partial charge in [-0.15, -0.1) is 0 Å². The van der Waals surface area contributed by atoms with Crippen LogP contribution in [0.3, 0.4) is 0 Å². The maximum absolute atomic E-state index is 6.13. The molecule has 1 aromatic rings. The van der Waals surface area contributed by atoms with Crippen molar-refractivity contribution in [2.45, 2.75) is 11.9 Å². The molecule has 1 aliphatic heterocycles. The first kappa shape index (κ1) is 10.5. The Kier molecular flexibility index (Phi) is 3.15. The Morgan fingerprint density at radius 3 is 3.00 bits per heavy atom. The molecule has 1 aliphatic rings. The lowest BCUT2D eigenvalue weighted by molar-refractivity contribution is 0.947. The number of alkyl halides is 2. The highest BCUT2D eigenvalue weighted by molar-refractivity contribution is 9.09. The van der Waals surface area contributed by atoms with E-state index < -0.39 is 0 Å². The summed E-state index contributed by atoms with van der Waals surface area (Å²) in [6, 6.07) is 5.80. The normalized spacial score (nSPS) is 20.2. The predicted molar refractivity (Wildman–Crippen MR) is 65.0 cm³/mol. The van der Waals surface area contributed by atoms with Crippen molar-refractivity contribution in [2.75, 3.05) is 5.33 Å². The van der Waals surface area contributed by atoms with Gasteiger partial charge in [-0.2, -0.15) is 0 Å². The maximum Gasteiger partial charge on any atom is 0.149 e. The Bertz CT molecular complexity index is 390. The van der Waals surface area contributed by atoms with Crippen LogP contribution in [-0.4, -0.2) is 11.0 Å². The molecular formula is C10H8BrCl2N. The second-order valence-electron chi connectivity index (χ2n) is 3.18. The van der Waals surface area contributed by atoms with Gasteiger partial charge in [0.1, 0.15) is 5.50 Å². The third kappa shape index (κ3) is 1.97. The quantitative estimate of drug-likeness (QED) is 0.549. The largest absolute Gasteiger partial charge is 0.269 e. The van der Waals surface area contributed by atoms with Crippen molar-refractivity contribution in [3.05, 3.63) is 34.3 Å². The Labute approximate surface area is 101 Å². The van der Waals surface area contributed by atoms with Crippen molar-refractivity contribution in [1.29, 1.82) is 0 Å². The fourth-order valence-electron chi connectivity index (χ4n) is 1.53. The van der Waals surface area contributed by atoms with E-state index in [9.17, 15) is 0 Å². The molecule has 4 heteroatoms. The van der Waals surface area contributed by atoms with E-state index in [1.54, 1.807) is 0 Å². The van der Waals surface area contributed by atoms with Crippen molar-refractivity contribution < 1.29 is 0 Å². The number of rotatable bonds is 1. The number of benzene rings is 1. The second kappa shape index (κ2) is 4.21. The van der Waals surface area contributed by atoms with Crippen LogP contribution in [-0.2, 0) is 6.42 Å². The van der Waals surface area contributed by atoms with Crippen LogP contribution in [0.5, 0.6) is 0 Å². The monoisotopic (exact) mass is 291 g/mol. The molecule has 1 unspecified atom stereocenters. The first-order valence-corrected chi connectivity index (χ1v) is 6.18. The topological polar surface area (TPSA) is 12.4 Å². The van der Waals surface area contributed by atoms with Gasteiger partial charge >= 0.3 is 0 Å². The van der Waals surface area contributed by atoms with E-state index in [0.717, 1.165) is 23.0 Å². The van der Waals surface area contributed by atoms with E-state index in [1.807, 2.05) is 18.2 Å². The molecule has 0 aliphatic carbocycles. The zero-order valence-electron chi connectivity index (χ0n) is 7.30. The van der Waals surface area contributed by atoms with Crippen molar-refractivity contribution in [3.8, 4) is 0 Å². The van der Waals surface area contributed by atoms with Gasteiger partial charge in [0.05, 0.1) is 0 Å². The van der Waals surface area contributed by atoms with Crippen LogP contribution in [0.1, 0.15) is 16.6 Å². The highest BCUT2D eigenvalue weighted by atomic mass is 79.9. The fourth-order valence-corrected chi connectivity index (χ4v) is 2.39. The Morgan fingerprint density at radius 1 is 1.50 bits per heavy atom. The predicted octanol–water partition coefficient (Wildman–Crippen LogP) is 3.97. The molecule has 0 N–H and O–H groups in total. The lowest BCUT2D eigenvalue weighted by atomic mass is 9.99. The zero-order valence-corrected chi connectivity index (χ0v) is 10.4. The summed E-state index contributed by atoms with van der Waals surface area (Å²) in [4.78, 5) is 4.36. The summed E-state index contributed by atoms with van der Waals surface area (Å²) >= 11 is 15.4. The smallest absolute Gasteiger partial charge is 0.149 e. The van der Waals surface area contributed by atoms with E-state index in [-0.39, 0.29) is 5.50 Å². The number of fused-ring (bicyclic) bond motifs is 1. The molecule has 0 saturated heterocycles. The molecule has 1 atom stereocenters. The van der Waals surface area contributed by atoms with Gasteiger partial charge in [0.25, 0.3) is 0 Å². The number of halogens is 3. The highest BCUT2D eigenvalue weighted by Gasteiger charge is 2.18. The molecule has 0 bridgehead atoms. The van der Waals surface area contributed by atoms with Crippen molar-refractivity contribution in [3.63, 3.8) is 0 Å². The van der Waals surface area contributed by atoms with Crippen LogP contribution in [0.2, 0.25) is 5.02 Å². The summed E-state index contributed by atoms with van der Waals surface area (Å²) in [7, 11) is 0. The van der Waals surface area contributed by atoms with Crippen LogP contribution in [0.25, 0.3) is 0 Å². The molecular weight excluding hydrogens is 285 g/mol. The number of hydrogen-bond donors (Lipinski definition) is 0. The van der Waals surface area contributed by atoms with Crippen LogP contribution < -0.4 is 0 Å². The molecule has 0 fully saturated rings. The standard InChI is InChI=1S/C10H8BrCl2N/c11-5-8-3-6-1-2-7(12)4-9(6)10(13)14-8/h1-2,4,10H,3,5H2. The van der Waals surface area contributed by atoms with E-state index in [1.165, 1.54) is 5.56 Å². The minimum atomic E-state index is -0.287. The Morgan fingerprint density at radius 2 is 2.29 bits per heavy atom. The van der Waals surface area contributed by atoms with Crippen molar-refractivity contribution >= 4 is 44.8 Å². The number of aliphatic imine (C=N–C) groups is 1. The molecule has 2 rings (SSSR count). The summed E-state index contributed by atoms with van der Waals surface area (Å²) in [5.74, 6) is 0. The van der Waals surface area contributed by atoms with Crippen LogP contribution >= 0.6 is 39.1 Å². The second-order valence-corrected chi connectivity index (χ2v) is 4.60. The lowest BCUT2D eigenvalue weighted by Crippen LogP contribution is -2.13. The third-order valence-corrected chi connectivity index (χ3v) is 3.42. The summed E-state index contributed by atoms with van der Waals surface area (Å²) < 4.78 is 0. The Balaban J connectivity index is 2.42. The molecule has 74 valence electrons. The minimum Gasteiger partial charge on any atom is -0.269 e. The van der Waals surface area contributed by atoms with Gasteiger partial charge in [-0.25, -0.2) is 0 Å².